The number of nitrogens with one attached hydrogen (secondary N) is 1. The minimum absolute atomic E-state index is 0.0775. The van der Waals surface area contributed by atoms with Crippen LogP contribution in [0.3, 0.4) is 0 Å². The van der Waals surface area contributed by atoms with Gasteiger partial charge in [0.1, 0.15) is 0 Å². The van der Waals surface area contributed by atoms with Crippen LogP contribution in [0.1, 0.15) is 6.42 Å². The van der Waals surface area contributed by atoms with Crippen molar-refractivity contribution < 1.29 is 14.4 Å². The summed E-state index contributed by atoms with van der Waals surface area (Å²) in [5.74, 6) is 0.612. The van der Waals surface area contributed by atoms with Crippen molar-refractivity contribution in [2.24, 2.45) is 0 Å². The maximum Gasteiger partial charge on any atom is 0.288 e. The topological polar surface area (TPSA) is 66.5 Å². The van der Waals surface area contributed by atoms with Gasteiger partial charge in [0.15, 0.2) is 0 Å². The van der Waals surface area contributed by atoms with E-state index in [1.807, 2.05) is 24.3 Å². The Morgan fingerprint density at radius 3 is 2.82 bits per heavy atom. The van der Waals surface area contributed by atoms with E-state index in [1.54, 1.807) is 11.8 Å². The number of halogens is 1. The van der Waals surface area contributed by atoms with Crippen LogP contribution in [-0.2, 0) is 9.59 Å². The number of hydrogen-bond acceptors (Lipinski definition) is 5. The van der Waals surface area contributed by atoms with Gasteiger partial charge in [-0.1, -0.05) is 23.9 Å². The van der Waals surface area contributed by atoms with Gasteiger partial charge in [0.05, 0.1) is 5.75 Å². The molecule has 1 aromatic rings. The number of benzene rings is 1. The molecule has 2 rings (SSSR count). The maximum absolute atomic E-state index is 11.7. The summed E-state index contributed by atoms with van der Waals surface area (Å²) in [5.41, 5.74) is 0. The van der Waals surface area contributed by atoms with Crippen LogP contribution >= 0.6 is 39.5 Å². The fourth-order valence-electron chi connectivity index (χ4n) is 1.81. The number of nitrogens with zero attached hydrogens (tertiary/aromatic N) is 1. The molecule has 0 spiro atoms. The molecule has 0 aliphatic carbocycles. The Bertz CT molecular complexity index is 567. The van der Waals surface area contributed by atoms with Crippen molar-refractivity contribution in [1.29, 1.82) is 0 Å². The van der Waals surface area contributed by atoms with Gasteiger partial charge in [-0.3, -0.25) is 19.3 Å². The molecule has 1 saturated heterocycles. The maximum atomic E-state index is 11.7. The summed E-state index contributed by atoms with van der Waals surface area (Å²) in [4.78, 5) is 36.8. The van der Waals surface area contributed by atoms with Gasteiger partial charge in [0, 0.05) is 34.6 Å². The molecular formula is C14H15BrN2O3S2. The predicted octanol–water partition coefficient (Wildman–Crippen LogP) is 2.74. The number of carbonyl (C=O) groups excluding carboxylic acids is 3. The van der Waals surface area contributed by atoms with E-state index in [-0.39, 0.29) is 29.4 Å². The summed E-state index contributed by atoms with van der Waals surface area (Å²) in [7, 11) is 0. The van der Waals surface area contributed by atoms with Crippen LogP contribution in [0.2, 0.25) is 0 Å². The Hall–Kier alpha value is -0.990. The summed E-state index contributed by atoms with van der Waals surface area (Å²) in [6.45, 7) is 0.546. The Labute approximate surface area is 145 Å². The highest BCUT2D eigenvalue weighted by Crippen LogP contribution is 2.27. The molecule has 0 aromatic heterocycles. The summed E-state index contributed by atoms with van der Waals surface area (Å²) >= 11 is 6.07. The lowest BCUT2D eigenvalue weighted by Crippen LogP contribution is -2.37. The van der Waals surface area contributed by atoms with Crippen LogP contribution < -0.4 is 5.32 Å². The van der Waals surface area contributed by atoms with Crippen molar-refractivity contribution in [2.75, 3.05) is 24.6 Å². The van der Waals surface area contributed by atoms with E-state index >= 15 is 0 Å². The van der Waals surface area contributed by atoms with E-state index in [0.29, 0.717) is 18.7 Å². The van der Waals surface area contributed by atoms with Crippen molar-refractivity contribution in [2.45, 2.75) is 11.3 Å². The molecule has 22 heavy (non-hydrogen) atoms. The standard InChI is InChI=1S/C14H15BrN2O3S2/c15-10-3-1-2-4-11(10)21-8-5-12(18)16-6-7-17-13(19)9-22-14(17)20/h1-4H,5-9H2,(H,16,18). The van der Waals surface area contributed by atoms with E-state index < -0.39 is 0 Å². The molecule has 0 unspecified atom stereocenters. The van der Waals surface area contributed by atoms with Gasteiger partial charge in [-0.05, 0) is 28.1 Å². The molecule has 118 valence electrons. The highest BCUT2D eigenvalue weighted by Gasteiger charge is 2.29. The molecule has 0 bridgehead atoms. The number of amides is 3. The molecule has 3 amide bonds. The van der Waals surface area contributed by atoms with E-state index in [0.717, 1.165) is 21.1 Å². The zero-order chi connectivity index (χ0) is 15.9. The van der Waals surface area contributed by atoms with Gasteiger partial charge in [0.25, 0.3) is 5.24 Å². The molecule has 1 aliphatic rings. The molecule has 0 saturated carbocycles. The van der Waals surface area contributed by atoms with Crippen molar-refractivity contribution in [3.8, 4) is 0 Å². The minimum Gasteiger partial charge on any atom is -0.354 e. The first-order chi connectivity index (χ1) is 10.6. The largest absolute Gasteiger partial charge is 0.354 e. The van der Waals surface area contributed by atoms with Crippen LogP contribution in [0, 0.1) is 0 Å². The Kier molecular flexibility index (Phi) is 6.78. The third kappa shape index (κ3) is 5.03. The van der Waals surface area contributed by atoms with Crippen molar-refractivity contribution in [3.05, 3.63) is 28.7 Å². The van der Waals surface area contributed by atoms with Crippen molar-refractivity contribution in [1.82, 2.24) is 10.2 Å². The fraction of sp³-hybridized carbons (Fsp3) is 0.357. The summed E-state index contributed by atoms with van der Waals surface area (Å²) in [6, 6.07) is 7.86. The third-order valence-corrected chi connectivity index (χ3v) is 5.81. The Balaban J connectivity index is 1.63. The second-order valence-corrected chi connectivity index (χ2v) is 7.40. The quantitative estimate of drug-likeness (QED) is 0.710. The van der Waals surface area contributed by atoms with Crippen LogP contribution in [-0.4, -0.2) is 46.5 Å². The molecule has 5 nitrogen and oxygen atoms in total. The summed E-state index contributed by atoms with van der Waals surface area (Å²) in [5, 5.41) is 2.50. The molecule has 1 heterocycles. The number of hydrogen-bond donors (Lipinski definition) is 1. The highest BCUT2D eigenvalue weighted by molar-refractivity contribution is 9.10. The normalized spacial score (nSPS) is 14.5. The molecule has 1 aliphatic heterocycles. The van der Waals surface area contributed by atoms with Crippen LogP contribution in [0.15, 0.2) is 33.6 Å². The molecule has 1 N–H and O–H groups in total. The van der Waals surface area contributed by atoms with Gasteiger partial charge in [0.2, 0.25) is 11.8 Å². The number of thioether (sulfide) groups is 2. The minimum atomic E-state index is -0.233. The number of carbonyl (C=O) groups is 3. The zero-order valence-corrected chi connectivity index (χ0v) is 14.9. The van der Waals surface area contributed by atoms with Crippen LogP contribution in [0.5, 0.6) is 0 Å². The van der Waals surface area contributed by atoms with E-state index in [2.05, 4.69) is 21.2 Å². The van der Waals surface area contributed by atoms with Gasteiger partial charge < -0.3 is 5.32 Å². The number of imide groups is 1. The molecule has 1 aromatic carbocycles. The van der Waals surface area contributed by atoms with E-state index in [9.17, 15) is 14.4 Å². The first-order valence-corrected chi connectivity index (χ1v) is 9.45. The smallest absolute Gasteiger partial charge is 0.288 e. The van der Waals surface area contributed by atoms with E-state index in [4.69, 9.17) is 0 Å². The van der Waals surface area contributed by atoms with E-state index in [1.165, 1.54) is 4.90 Å². The van der Waals surface area contributed by atoms with Crippen molar-refractivity contribution in [3.63, 3.8) is 0 Å². The molecular weight excluding hydrogens is 388 g/mol. The summed E-state index contributed by atoms with van der Waals surface area (Å²) in [6.07, 6.45) is 0.392. The van der Waals surface area contributed by atoms with Gasteiger partial charge in [-0.2, -0.15) is 0 Å². The SMILES string of the molecule is O=C(CCSc1ccccc1Br)NCCN1C(=O)CSC1=O. The lowest BCUT2D eigenvalue weighted by atomic mass is 10.4. The summed E-state index contributed by atoms with van der Waals surface area (Å²) < 4.78 is 1.02. The predicted molar refractivity (Wildman–Crippen MR) is 92.1 cm³/mol. The highest BCUT2D eigenvalue weighted by atomic mass is 79.9. The average Bonchev–Trinajstić information content (AvgIpc) is 2.81. The van der Waals surface area contributed by atoms with Crippen LogP contribution in [0.25, 0.3) is 0 Å². The fourth-order valence-corrected chi connectivity index (χ4v) is 4.08. The first-order valence-electron chi connectivity index (χ1n) is 6.69. The average molecular weight is 403 g/mol. The van der Waals surface area contributed by atoms with Crippen LogP contribution in [0.4, 0.5) is 4.79 Å². The second-order valence-electron chi connectivity index (χ2n) is 4.48. The van der Waals surface area contributed by atoms with Crippen molar-refractivity contribution >= 4 is 56.5 Å². The van der Waals surface area contributed by atoms with Gasteiger partial charge >= 0.3 is 0 Å². The molecule has 1 fully saturated rings. The third-order valence-electron chi connectivity index (χ3n) is 2.92. The van der Waals surface area contributed by atoms with Gasteiger partial charge in [-0.15, -0.1) is 11.8 Å². The molecule has 8 heteroatoms. The monoisotopic (exact) mass is 402 g/mol. The zero-order valence-electron chi connectivity index (χ0n) is 11.7. The molecule has 0 atom stereocenters. The molecule has 0 radical (unpaired) electrons. The second kappa shape index (κ2) is 8.59. The lowest BCUT2D eigenvalue weighted by molar-refractivity contribution is -0.125. The number of rotatable bonds is 7. The Morgan fingerprint density at radius 1 is 1.36 bits per heavy atom. The lowest BCUT2D eigenvalue weighted by Gasteiger charge is -2.13. The Morgan fingerprint density at radius 2 is 2.14 bits per heavy atom. The first kappa shape index (κ1) is 17.4. The van der Waals surface area contributed by atoms with Gasteiger partial charge in [-0.25, -0.2) is 0 Å².